The minimum atomic E-state index is 0.0491. The van der Waals surface area contributed by atoms with Gasteiger partial charge in [-0.1, -0.05) is 6.92 Å². The number of carbonyl (C=O) groups is 1. The van der Waals surface area contributed by atoms with Crippen LogP contribution in [0.15, 0.2) is 0 Å². The quantitative estimate of drug-likeness (QED) is 0.620. The molecular formula is C9H16ClNO. The maximum absolute atomic E-state index is 11.5. The zero-order chi connectivity index (χ0) is 9.30. The fraction of sp³-hybridized carbons (Fsp3) is 0.889. The average molecular weight is 190 g/mol. The Balaban J connectivity index is 2.32. The van der Waals surface area contributed by atoms with Crippen LogP contribution in [-0.2, 0) is 4.79 Å². The second-order valence-corrected chi connectivity index (χ2v) is 4.56. The highest BCUT2D eigenvalue weighted by molar-refractivity contribution is 6.20. The predicted molar refractivity (Wildman–Crippen MR) is 50.2 cm³/mol. The van der Waals surface area contributed by atoms with E-state index in [1.54, 1.807) is 4.90 Å². The maximum atomic E-state index is 11.5. The van der Waals surface area contributed by atoms with Crippen LogP contribution in [0.4, 0.5) is 0 Å². The topological polar surface area (TPSA) is 20.3 Å². The number of alkyl halides is 1. The fourth-order valence-corrected chi connectivity index (χ4v) is 1.62. The van der Waals surface area contributed by atoms with Crippen LogP contribution >= 0.6 is 11.6 Å². The molecule has 0 aromatic carbocycles. The highest BCUT2D eigenvalue weighted by Crippen LogP contribution is 2.38. The van der Waals surface area contributed by atoms with Crippen molar-refractivity contribution in [1.82, 2.24) is 4.90 Å². The third-order valence-electron chi connectivity index (χ3n) is 2.33. The minimum absolute atomic E-state index is 0.0491. The third-order valence-corrected chi connectivity index (χ3v) is 2.47. The molecule has 0 N–H and O–H groups in total. The molecule has 12 heavy (non-hydrogen) atoms. The van der Waals surface area contributed by atoms with Gasteiger partial charge in [0.2, 0.25) is 5.91 Å². The zero-order valence-corrected chi connectivity index (χ0v) is 8.64. The maximum Gasteiger partial charge on any atom is 0.225 e. The molecule has 2 nitrogen and oxygen atoms in total. The lowest BCUT2D eigenvalue weighted by molar-refractivity contribution is -0.131. The van der Waals surface area contributed by atoms with Crippen molar-refractivity contribution in [3.05, 3.63) is 0 Å². The number of hydrogen-bond acceptors (Lipinski definition) is 1. The Labute approximate surface area is 78.9 Å². The van der Waals surface area contributed by atoms with Crippen LogP contribution in [0, 0.1) is 11.8 Å². The summed E-state index contributed by atoms with van der Waals surface area (Å²) in [5.41, 5.74) is 0. The van der Waals surface area contributed by atoms with Crippen molar-refractivity contribution < 1.29 is 4.79 Å². The van der Waals surface area contributed by atoms with E-state index < -0.39 is 0 Å². The van der Waals surface area contributed by atoms with Crippen LogP contribution in [0.3, 0.4) is 0 Å². The van der Waals surface area contributed by atoms with E-state index in [1.807, 2.05) is 14.0 Å². The first-order chi connectivity index (χ1) is 5.52. The van der Waals surface area contributed by atoms with Crippen LogP contribution in [0.25, 0.3) is 0 Å². The molecule has 3 atom stereocenters. The van der Waals surface area contributed by atoms with Gasteiger partial charge in [-0.05, 0) is 19.3 Å². The van der Waals surface area contributed by atoms with E-state index in [9.17, 15) is 4.79 Å². The lowest BCUT2D eigenvalue weighted by atomic mass is 10.3. The summed E-state index contributed by atoms with van der Waals surface area (Å²) in [5, 5.41) is 0.0491. The average Bonchev–Trinajstić information content (AvgIpc) is 2.64. The molecule has 0 bridgehead atoms. The number of carbonyl (C=O) groups excluding carboxylic acids is 1. The standard InChI is InChI=1S/C9H16ClNO/c1-6-4-8(6)9(12)11(3)5-7(2)10/h6-8H,4-5H2,1-3H3. The number of hydrogen-bond donors (Lipinski definition) is 0. The molecule has 3 heteroatoms. The summed E-state index contributed by atoms with van der Waals surface area (Å²) in [6.07, 6.45) is 1.06. The van der Waals surface area contributed by atoms with Gasteiger partial charge < -0.3 is 4.90 Å². The second kappa shape index (κ2) is 3.65. The first-order valence-corrected chi connectivity index (χ1v) is 4.85. The van der Waals surface area contributed by atoms with Gasteiger partial charge in [-0.25, -0.2) is 0 Å². The molecule has 0 aromatic heterocycles. The summed E-state index contributed by atoms with van der Waals surface area (Å²) < 4.78 is 0. The Morgan fingerprint density at radius 1 is 1.75 bits per heavy atom. The van der Waals surface area contributed by atoms with Crippen molar-refractivity contribution in [2.75, 3.05) is 13.6 Å². The van der Waals surface area contributed by atoms with E-state index in [1.165, 1.54) is 0 Å². The molecule has 0 aliphatic heterocycles. The van der Waals surface area contributed by atoms with E-state index in [2.05, 4.69) is 6.92 Å². The second-order valence-electron chi connectivity index (χ2n) is 3.82. The van der Waals surface area contributed by atoms with Crippen molar-refractivity contribution in [3.63, 3.8) is 0 Å². The zero-order valence-electron chi connectivity index (χ0n) is 7.88. The smallest absolute Gasteiger partial charge is 0.225 e. The SMILES string of the molecule is CC(Cl)CN(C)C(=O)C1CC1C. The van der Waals surface area contributed by atoms with Crippen molar-refractivity contribution in [1.29, 1.82) is 0 Å². The first kappa shape index (κ1) is 9.85. The van der Waals surface area contributed by atoms with E-state index >= 15 is 0 Å². The molecule has 70 valence electrons. The Kier molecular flexibility index (Phi) is 2.99. The van der Waals surface area contributed by atoms with Crippen LogP contribution in [-0.4, -0.2) is 29.8 Å². The van der Waals surface area contributed by atoms with Gasteiger partial charge in [-0.2, -0.15) is 0 Å². The van der Waals surface area contributed by atoms with E-state index in [4.69, 9.17) is 11.6 Å². The molecule has 0 spiro atoms. The number of nitrogens with zero attached hydrogens (tertiary/aromatic N) is 1. The molecule has 0 heterocycles. The first-order valence-electron chi connectivity index (χ1n) is 4.41. The Hall–Kier alpha value is -0.240. The summed E-state index contributed by atoms with van der Waals surface area (Å²) in [4.78, 5) is 13.3. The van der Waals surface area contributed by atoms with Gasteiger partial charge in [0, 0.05) is 24.9 Å². The Morgan fingerprint density at radius 3 is 2.58 bits per heavy atom. The molecule has 1 saturated carbocycles. The molecule has 1 rings (SSSR count). The lowest BCUT2D eigenvalue weighted by Crippen LogP contribution is -2.32. The lowest BCUT2D eigenvalue weighted by Gasteiger charge is -2.18. The molecule has 0 aromatic rings. The fourth-order valence-electron chi connectivity index (χ4n) is 1.42. The van der Waals surface area contributed by atoms with Crippen LogP contribution in [0.1, 0.15) is 20.3 Å². The number of halogens is 1. The molecule has 1 aliphatic carbocycles. The van der Waals surface area contributed by atoms with Crippen molar-refractivity contribution in [2.45, 2.75) is 25.6 Å². The third kappa shape index (κ3) is 2.37. The highest BCUT2D eigenvalue weighted by atomic mass is 35.5. The molecule has 1 fully saturated rings. The predicted octanol–water partition coefficient (Wildman–Crippen LogP) is 1.73. The Bertz CT molecular complexity index is 181. The summed E-state index contributed by atoms with van der Waals surface area (Å²) in [5.74, 6) is 1.13. The van der Waals surface area contributed by atoms with Crippen molar-refractivity contribution in [3.8, 4) is 0 Å². The van der Waals surface area contributed by atoms with Crippen molar-refractivity contribution >= 4 is 17.5 Å². The van der Waals surface area contributed by atoms with Gasteiger partial charge in [0.25, 0.3) is 0 Å². The summed E-state index contributed by atoms with van der Waals surface area (Å²) >= 11 is 5.78. The minimum Gasteiger partial charge on any atom is -0.344 e. The van der Waals surface area contributed by atoms with Crippen LogP contribution < -0.4 is 0 Å². The van der Waals surface area contributed by atoms with Gasteiger partial charge in [0.05, 0.1) is 0 Å². The number of rotatable bonds is 3. The van der Waals surface area contributed by atoms with Crippen LogP contribution in [0.5, 0.6) is 0 Å². The van der Waals surface area contributed by atoms with E-state index in [0.29, 0.717) is 12.5 Å². The van der Waals surface area contributed by atoms with Gasteiger partial charge in [-0.3, -0.25) is 4.79 Å². The Morgan fingerprint density at radius 2 is 2.25 bits per heavy atom. The van der Waals surface area contributed by atoms with Gasteiger partial charge in [-0.15, -0.1) is 11.6 Å². The van der Waals surface area contributed by atoms with Gasteiger partial charge in [0.1, 0.15) is 0 Å². The molecule has 0 radical (unpaired) electrons. The molecular weight excluding hydrogens is 174 g/mol. The summed E-state index contributed by atoms with van der Waals surface area (Å²) in [6, 6.07) is 0. The molecule has 0 saturated heterocycles. The normalized spacial score (nSPS) is 29.7. The highest BCUT2D eigenvalue weighted by Gasteiger charge is 2.40. The van der Waals surface area contributed by atoms with E-state index in [-0.39, 0.29) is 17.2 Å². The molecule has 3 unspecified atom stereocenters. The van der Waals surface area contributed by atoms with E-state index in [0.717, 1.165) is 6.42 Å². The molecule has 1 amide bonds. The monoisotopic (exact) mass is 189 g/mol. The van der Waals surface area contributed by atoms with Crippen molar-refractivity contribution in [2.24, 2.45) is 11.8 Å². The number of amides is 1. The van der Waals surface area contributed by atoms with Crippen LogP contribution in [0.2, 0.25) is 0 Å². The summed E-state index contributed by atoms with van der Waals surface area (Å²) in [6.45, 7) is 4.67. The molecule has 1 aliphatic rings. The van der Waals surface area contributed by atoms with Gasteiger partial charge >= 0.3 is 0 Å². The van der Waals surface area contributed by atoms with Gasteiger partial charge in [0.15, 0.2) is 0 Å². The summed E-state index contributed by atoms with van der Waals surface area (Å²) in [7, 11) is 1.83. The largest absolute Gasteiger partial charge is 0.344 e.